The van der Waals surface area contributed by atoms with Gasteiger partial charge in [-0.1, -0.05) is 75.4 Å². The van der Waals surface area contributed by atoms with Crippen LogP contribution in [0.25, 0.3) is 10.8 Å². The van der Waals surface area contributed by atoms with Crippen LogP contribution >= 0.6 is 0 Å². The molecular weight excluding hydrogens is 336 g/mol. The van der Waals surface area contributed by atoms with Crippen molar-refractivity contribution in [2.75, 3.05) is 6.61 Å². The van der Waals surface area contributed by atoms with E-state index < -0.39 is 0 Å². The van der Waals surface area contributed by atoms with Crippen molar-refractivity contribution in [3.63, 3.8) is 0 Å². The molecule has 0 saturated heterocycles. The van der Waals surface area contributed by atoms with Crippen molar-refractivity contribution < 1.29 is 9.53 Å². The largest absolute Gasteiger partial charge is 0.484 e. The van der Waals surface area contributed by atoms with Gasteiger partial charge in [-0.15, -0.1) is 0 Å². The van der Waals surface area contributed by atoms with Gasteiger partial charge in [0, 0.05) is 5.56 Å². The molecule has 27 heavy (non-hydrogen) atoms. The van der Waals surface area contributed by atoms with Gasteiger partial charge in [0.05, 0.1) is 6.21 Å². The average Bonchev–Trinajstić information content (AvgIpc) is 2.66. The molecule has 4 heteroatoms. The number of benzene rings is 3. The SMILES string of the molecule is CC(C)(C)c1ccc(OCC(=O)NN=Cc2cccc3ccccc23)cc1. The number of nitrogens with zero attached hydrogens (tertiary/aromatic N) is 1. The standard InChI is InChI=1S/C23H24N2O2/c1-23(2,3)19-11-13-20(14-12-19)27-16-22(26)25-24-15-18-9-6-8-17-7-4-5-10-21(17)18/h4-15H,16H2,1-3H3,(H,25,26). The maximum atomic E-state index is 11.9. The number of carbonyl (C=O) groups is 1. The fourth-order valence-corrected chi connectivity index (χ4v) is 2.77. The third kappa shape index (κ3) is 4.94. The Morgan fingerprint density at radius 3 is 2.44 bits per heavy atom. The molecule has 0 radical (unpaired) electrons. The number of ether oxygens (including phenoxy) is 1. The van der Waals surface area contributed by atoms with Crippen LogP contribution in [-0.2, 0) is 10.2 Å². The molecule has 4 nitrogen and oxygen atoms in total. The maximum Gasteiger partial charge on any atom is 0.277 e. The predicted molar refractivity (Wildman–Crippen MR) is 110 cm³/mol. The molecule has 0 heterocycles. The van der Waals surface area contributed by atoms with Gasteiger partial charge in [0.2, 0.25) is 0 Å². The fraction of sp³-hybridized carbons (Fsp3) is 0.217. The van der Waals surface area contributed by atoms with E-state index in [1.54, 1.807) is 6.21 Å². The number of fused-ring (bicyclic) bond motifs is 1. The van der Waals surface area contributed by atoms with Gasteiger partial charge >= 0.3 is 0 Å². The molecule has 1 N–H and O–H groups in total. The summed E-state index contributed by atoms with van der Waals surface area (Å²) in [7, 11) is 0. The number of hydrazone groups is 1. The van der Waals surface area contributed by atoms with Gasteiger partial charge < -0.3 is 4.74 Å². The van der Waals surface area contributed by atoms with Crippen molar-refractivity contribution in [3.8, 4) is 5.75 Å². The summed E-state index contributed by atoms with van der Waals surface area (Å²) in [5, 5.41) is 6.27. The summed E-state index contributed by atoms with van der Waals surface area (Å²) in [6, 6.07) is 21.8. The summed E-state index contributed by atoms with van der Waals surface area (Å²) in [5.74, 6) is 0.363. The predicted octanol–water partition coefficient (Wildman–Crippen LogP) is 4.67. The first-order valence-corrected chi connectivity index (χ1v) is 8.96. The van der Waals surface area contributed by atoms with E-state index in [9.17, 15) is 4.79 Å². The number of carbonyl (C=O) groups excluding carboxylic acids is 1. The molecule has 0 unspecified atom stereocenters. The van der Waals surface area contributed by atoms with Gasteiger partial charge in [0.25, 0.3) is 5.91 Å². The molecule has 0 saturated carbocycles. The Morgan fingerprint density at radius 1 is 1.00 bits per heavy atom. The lowest BCUT2D eigenvalue weighted by atomic mass is 9.87. The van der Waals surface area contributed by atoms with Gasteiger partial charge in [-0.3, -0.25) is 4.79 Å². The van der Waals surface area contributed by atoms with Crippen LogP contribution in [0.5, 0.6) is 5.75 Å². The highest BCUT2D eigenvalue weighted by Crippen LogP contribution is 2.24. The topological polar surface area (TPSA) is 50.7 Å². The van der Waals surface area contributed by atoms with E-state index in [0.717, 1.165) is 16.3 Å². The lowest BCUT2D eigenvalue weighted by Gasteiger charge is -2.19. The molecule has 3 aromatic rings. The van der Waals surface area contributed by atoms with Gasteiger partial charge in [-0.05, 0) is 33.9 Å². The zero-order valence-corrected chi connectivity index (χ0v) is 15.9. The molecule has 1 amide bonds. The van der Waals surface area contributed by atoms with E-state index in [2.05, 4.69) is 31.3 Å². The van der Waals surface area contributed by atoms with Crippen molar-refractivity contribution in [3.05, 3.63) is 77.9 Å². The zero-order chi connectivity index (χ0) is 19.3. The molecule has 0 aliphatic rings. The summed E-state index contributed by atoms with van der Waals surface area (Å²) >= 11 is 0. The average molecular weight is 360 g/mol. The lowest BCUT2D eigenvalue weighted by molar-refractivity contribution is -0.123. The minimum atomic E-state index is -0.300. The first-order chi connectivity index (χ1) is 12.9. The number of hydrogen-bond donors (Lipinski definition) is 1. The number of hydrogen-bond acceptors (Lipinski definition) is 3. The van der Waals surface area contributed by atoms with Crippen molar-refractivity contribution in [2.45, 2.75) is 26.2 Å². The van der Waals surface area contributed by atoms with Gasteiger partial charge in [-0.2, -0.15) is 5.10 Å². The minimum Gasteiger partial charge on any atom is -0.484 e. The molecule has 0 aliphatic heterocycles. The third-order valence-electron chi connectivity index (χ3n) is 4.31. The van der Waals surface area contributed by atoms with Crippen LogP contribution in [0, 0.1) is 0 Å². The first kappa shape index (κ1) is 18.6. The molecule has 0 fully saturated rings. The Kier molecular flexibility index (Phi) is 5.55. The van der Waals surface area contributed by atoms with E-state index in [4.69, 9.17) is 4.74 Å². The number of rotatable bonds is 5. The summed E-state index contributed by atoms with van der Waals surface area (Å²) in [4.78, 5) is 11.9. The van der Waals surface area contributed by atoms with Crippen LogP contribution in [0.4, 0.5) is 0 Å². The number of amides is 1. The Hall–Kier alpha value is -3.14. The van der Waals surface area contributed by atoms with Gasteiger partial charge in [0.1, 0.15) is 5.75 Å². The second kappa shape index (κ2) is 8.04. The van der Waals surface area contributed by atoms with Crippen LogP contribution < -0.4 is 10.2 Å². The Morgan fingerprint density at radius 2 is 1.70 bits per heavy atom. The molecule has 0 bridgehead atoms. The van der Waals surface area contributed by atoms with Crippen LogP contribution in [0.2, 0.25) is 0 Å². The van der Waals surface area contributed by atoms with Gasteiger partial charge in [0.15, 0.2) is 6.61 Å². The van der Waals surface area contributed by atoms with Crippen molar-refractivity contribution >= 4 is 22.9 Å². The Balaban J connectivity index is 1.54. The number of nitrogens with one attached hydrogen (secondary N) is 1. The molecule has 3 rings (SSSR count). The maximum absolute atomic E-state index is 11.9. The van der Waals surface area contributed by atoms with Crippen LogP contribution in [-0.4, -0.2) is 18.7 Å². The molecule has 3 aromatic carbocycles. The van der Waals surface area contributed by atoms with E-state index in [1.165, 1.54) is 5.56 Å². The van der Waals surface area contributed by atoms with Crippen molar-refractivity contribution in [1.82, 2.24) is 5.43 Å². The second-order valence-electron chi connectivity index (χ2n) is 7.42. The van der Waals surface area contributed by atoms with Gasteiger partial charge in [-0.25, -0.2) is 5.43 Å². The molecule has 0 aliphatic carbocycles. The summed E-state index contributed by atoms with van der Waals surface area (Å²) in [5.41, 5.74) is 4.77. The Bertz CT molecular complexity index is 949. The minimum absolute atomic E-state index is 0.0816. The highest BCUT2D eigenvalue weighted by Gasteiger charge is 2.13. The molecule has 0 spiro atoms. The summed E-state index contributed by atoms with van der Waals surface area (Å²) < 4.78 is 5.52. The van der Waals surface area contributed by atoms with Crippen LogP contribution in [0.15, 0.2) is 71.8 Å². The third-order valence-corrected chi connectivity index (χ3v) is 4.31. The highest BCUT2D eigenvalue weighted by molar-refractivity contribution is 5.99. The normalized spacial score (nSPS) is 11.7. The molecular formula is C23H24N2O2. The summed E-state index contributed by atoms with van der Waals surface area (Å²) in [6.45, 7) is 6.39. The molecule has 0 aromatic heterocycles. The smallest absolute Gasteiger partial charge is 0.277 e. The summed E-state index contributed by atoms with van der Waals surface area (Å²) in [6.07, 6.45) is 1.65. The van der Waals surface area contributed by atoms with Crippen molar-refractivity contribution in [2.24, 2.45) is 5.10 Å². The van der Waals surface area contributed by atoms with E-state index in [0.29, 0.717) is 5.75 Å². The van der Waals surface area contributed by atoms with E-state index >= 15 is 0 Å². The van der Waals surface area contributed by atoms with Crippen LogP contribution in [0.3, 0.4) is 0 Å². The highest BCUT2D eigenvalue weighted by atomic mass is 16.5. The van der Waals surface area contributed by atoms with E-state index in [1.807, 2.05) is 66.7 Å². The Labute approximate surface area is 159 Å². The lowest BCUT2D eigenvalue weighted by Crippen LogP contribution is -2.24. The second-order valence-corrected chi connectivity index (χ2v) is 7.42. The van der Waals surface area contributed by atoms with E-state index in [-0.39, 0.29) is 17.9 Å². The monoisotopic (exact) mass is 360 g/mol. The molecule has 138 valence electrons. The quantitative estimate of drug-likeness (QED) is 0.531. The first-order valence-electron chi connectivity index (χ1n) is 8.96. The van der Waals surface area contributed by atoms with Crippen LogP contribution in [0.1, 0.15) is 31.9 Å². The fourth-order valence-electron chi connectivity index (χ4n) is 2.77. The zero-order valence-electron chi connectivity index (χ0n) is 15.9. The molecule has 0 atom stereocenters. The van der Waals surface area contributed by atoms with Crippen molar-refractivity contribution in [1.29, 1.82) is 0 Å².